The van der Waals surface area contributed by atoms with E-state index in [1.54, 1.807) is 24.3 Å². The molecule has 1 heterocycles. The summed E-state index contributed by atoms with van der Waals surface area (Å²) in [6, 6.07) is 10.6. The first kappa shape index (κ1) is 16.7. The van der Waals surface area contributed by atoms with E-state index in [1.165, 1.54) is 30.8 Å². The van der Waals surface area contributed by atoms with E-state index in [0.29, 0.717) is 11.1 Å². The van der Waals surface area contributed by atoms with Gasteiger partial charge in [0.1, 0.15) is 0 Å². The molecule has 0 aliphatic heterocycles. The predicted molar refractivity (Wildman–Crippen MR) is 88.8 cm³/mol. The zero-order valence-corrected chi connectivity index (χ0v) is 13.2. The lowest BCUT2D eigenvalue weighted by Gasteiger charge is -2.08. The first-order valence-corrected chi connectivity index (χ1v) is 7.80. The van der Waals surface area contributed by atoms with Gasteiger partial charge in [-0.2, -0.15) is 0 Å². The molecule has 0 aliphatic carbocycles. The molecule has 2 amide bonds. The van der Waals surface area contributed by atoms with Crippen LogP contribution in [0.2, 0.25) is 0 Å². The number of hydrogen-bond donors (Lipinski definition) is 2. The van der Waals surface area contributed by atoms with Gasteiger partial charge < -0.3 is 0 Å². The van der Waals surface area contributed by atoms with Crippen molar-refractivity contribution < 1.29 is 9.59 Å². The summed E-state index contributed by atoms with van der Waals surface area (Å²) in [4.78, 5) is 27.7. The minimum Gasteiger partial charge on any atom is -0.267 e. The topological polar surface area (TPSA) is 71.1 Å². The number of aromatic nitrogens is 1. The number of carbonyl (C=O) groups is 2. The summed E-state index contributed by atoms with van der Waals surface area (Å²) >= 11 is 0. The fourth-order valence-electron chi connectivity index (χ4n) is 2.16. The Bertz CT molecular complexity index is 639. The van der Waals surface area contributed by atoms with Crippen LogP contribution in [-0.4, -0.2) is 16.8 Å². The first-order valence-electron chi connectivity index (χ1n) is 7.80. The molecule has 0 radical (unpaired) electrons. The van der Waals surface area contributed by atoms with Crippen molar-refractivity contribution in [3.05, 3.63) is 65.5 Å². The smallest absolute Gasteiger partial charge is 0.267 e. The highest BCUT2D eigenvalue weighted by Crippen LogP contribution is 2.08. The predicted octanol–water partition coefficient (Wildman–Crippen LogP) is 2.89. The van der Waals surface area contributed by atoms with Gasteiger partial charge in [-0.15, -0.1) is 0 Å². The molecule has 2 aromatic rings. The van der Waals surface area contributed by atoms with E-state index >= 15 is 0 Å². The second-order valence-corrected chi connectivity index (χ2v) is 5.30. The van der Waals surface area contributed by atoms with Crippen molar-refractivity contribution >= 4 is 11.8 Å². The lowest BCUT2D eigenvalue weighted by Crippen LogP contribution is -2.41. The number of unbranched alkanes of at least 4 members (excludes halogenated alkanes) is 2. The van der Waals surface area contributed by atoms with Gasteiger partial charge in [-0.25, -0.2) is 0 Å². The van der Waals surface area contributed by atoms with Gasteiger partial charge in [-0.05, 0) is 42.7 Å². The molecule has 0 saturated heterocycles. The maximum Gasteiger partial charge on any atom is 0.269 e. The highest BCUT2D eigenvalue weighted by atomic mass is 16.2. The maximum absolute atomic E-state index is 12.0. The summed E-state index contributed by atoms with van der Waals surface area (Å²) in [6.07, 6.45) is 7.63. The number of hydrogen-bond acceptors (Lipinski definition) is 3. The number of amides is 2. The van der Waals surface area contributed by atoms with Crippen LogP contribution >= 0.6 is 0 Å². The standard InChI is InChI=1S/C18H21N3O2/c1-2-3-4-5-14-6-8-15(9-7-14)17(22)20-21-18(23)16-10-12-19-13-11-16/h6-13H,2-5H2,1H3,(H,20,22)(H,21,23). The van der Waals surface area contributed by atoms with E-state index in [2.05, 4.69) is 22.8 Å². The molecule has 0 saturated carbocycles. The highest BCUT2D eigenvalue weighted by Gasteiger charge is 2.08. The zero-order chi connectivity index (χ0) is 16.5. The molecule has 120 valence electrons. The average Bonchev–Trinajstić information content (AvgIpc) is 2.61. The molecule has 1 aromatic carbocycles. The molecular formula is C18H21N3O2. The third kappa shape index (κ3) is 5.21. The van der Waals surface area contributed by atoms with Gasteiger partial charge in [-0.3, -0.25) is 25.4 Å². The summed E-state index contributed by atoms with van der Waals surface area (Å²) in [5, 5.41) is 0. The van der Waals surface area contributed by atoms with Gasteiger partial charge in [0.25, 0.3) is 11.8 Å². The molecule has 0 bridgehead atoms. The van der Waals surface area contributed by atoms with Crippen LogP contribution in [0.3, 0.4) is 0 Å². The van der Waals surface area contributed by atoms with Crippen LogP contribution in [0.15, 0.2) is 48.8 Å². The molecule has 0 unspecified atom stereocenters. The summed E-state index contributed by atoms with van der Waals surface area (Å²) in [7, 11) is 0. The number of nitrogens with zero attached hydrogens (tertiary/aromatic N) is 1. The number of carbonyl (C=O) groups excluding carboxylic acids is 2. The molecular weight excluding hydrogens is 290 g/mol. The number of pyridine rings is 1. The normalized spacial score (nSPS) is 10.1. The van der Waals surface area contributed by atoms with Crippen molar-refractivity contribution in [2.24, 2.45) is 0 Å². The molecule has 0 aliphatic rings. The summed E-state index contributed by atoms with van der Waals surface area (Å²) in [6.45, 7) is 2.17. The zero-order valence-electron chi connectivity index (χ0n) is 13.2. The van der Waals surface area contributed by atoms with Gasteiger partial charge >= 0.3 is 0 Å². The number of aryl methyl sites for hydroxylation is 1. The van der Waals surface area contributed by atoms with Gasteiger partial charge in [0, 0.05) is 23.5 Å². The number of hydrazine groups is 1. The van der Waals surface area contributed by atoms with Gasteiger partial charge in [0.2, 0.25) is 0 Å². The Hall–Kier alpha value is -2.69. The molecule has 5 heteroatoms. The van der Waals surface area contributed by atoms with Crippen molar-refractivity contribution in [3.8, 4) is 0 Å². The van der Waals surface area contributed by atoms with Gasteiger partial charge in [0.15, 0.2) is 0 Å². The minimum atomic E-state index is -0.378. The van der Waals surface area contributed by atoms with Crippen LogP contribution in [0.1, 0.15) is 52.5 Å². The van der Waals surface area contributed by atoms with Gasteiger partial charge in [0.05, 0.1) is 0 Å². The average molecular weight is 311 g/mol. The van der Waals surface area contributed by atoms with E-state index in [4.69, 9.17) is 0 Å². The molecule has 0 spiro atoms. The first-order chi connectivity index (χ1) is 11.2. The van der Waals surface area contributed by atoms with Gasteiger partial charge in [-0.1, -0.05) is 31.9 Å². The van der Waals surface area contributed by atoms with Crippen LogP contribution < -0.4 is 10.9 Å². The van der Waals surface area contributed by atoms with Crippen molar-refractivity contribution in [1.29, 1.82) is 0 Å². The quantitative estimate of drug-likeness (QED) is 0.636. The minimum absolute atomic E-state index is 0.340. The van der Waals surface area contributed by atoms with Crippen molar-refractivity contribution in [2.75, 3.05) is 0 Å². The largest absolute Gasteiger partial charge is 0.269 e. The maximum atomic E-state index is 12.0. The Morgan fingerprint density at radius 2 is 1.43 bits per heavy atom. The van der Waals surface area contributed by atoms with Crippen LogP contribution in [0, 0.1) is 0 Å². The fourth-order valence-corrected chi connectivity index (χ4v) is 2.16. The Balaban J connectivity index is 1.84. The summed E-state index contributed by atoms with van der Waals surface area (Å²) in [5.41, 5.74) is 6.97. The van der Waals surface area contributed by atoms with Crippen molar-refractivity contribution in [1.82, 2.24) is 15.8 Å². The van der Waals surface area contributed by atoms with E-state index in [0.717, 1.165) is 12.8 Å². The second-order valence-electron chi connectivity index (χ2n) is 5.30. The molecule has 2 N–H and O–H groups in total. The third-order valence-corrected chi connectivity index (χ3v) is 3.52. The third-order valence-electron chi connectivity index (χ3n) is 3.52. The Labute approximate surface area is 136 Å². The van der Waals surface area contributed by atoms with Crippen LogP contribution in [0.4, 0.5) is 0 Å². The molecule has 1 aromatic heterocycles. The number of benzene rings is 1. The van der Waals surface area contributed by atoms with Crippen molar-refractivity contribution in [2.45, 2.75) is 32.6 Å². The Kier molecular flexibility index (Phi) is 6.29. The SMILES string of the molecule is CCCCCc1ccc(C(=O)NNC(=O)c2ccncc2)cc1. The van der Waals surface area contributed by atoms with Crippen LogP contribution in [-0.2, 0) is 6.42 Å². The van der Waals surface area contributed by atoms with E-state index < -0.39 is 0 Å². The summed E-state index contributed by atoms with van der Waals surface area (Å²) in [5.74, 6) is -0.718. The van der Waals surface area contributed by atoms with E-state index in [-0.39, 0.29) is 11.8 Å². The monoisotopic (exact) mass is 311 g/mol. The Morgan fingerprint density at radius 3 is 2.00 bits per heavy atom. The highest BCUT2D eigenvalue weighted by molar-refractivity contribution is 5.98. The number of nitrogens with one attached hydrogen (secondary N) is 2. The molecule has 5 nitrogen and oxygen atoms in total. The summed E-state index contributed by atoms with van der Waals surface area (Å²) < 4.78 is 0. The lowest BCUT2D eigenvalue weighted by molar-refractivity contribution is 0.0846. The number of rotatable bonds is 6. The van der Waals surface area contributed by atoms with E-state index in [9.17, 15) is 9.59 Å². The fraction of sp³-hybridized carbons (Fsp3) is 0.278. The molecule has 2 rings (SSSR count). The molecule has 23 heavy (non-hydrogen) atoms. The second kappa shape index (κ2) is 8.68. The lowest BCUT2D eigenvalue weighted by atomic mass is 10.1. The van der Waals surface area contributed by atoms with E-state index in [1.807, 2.05) is 12.1 Å². The van der Waals surface area contributed by atoms with Crippen LogP contribution in [0.5, 0.6) is 0 Å². The Morgan fingerprint density at radius 1 is 0.870 bits per heavy atom. The molecule has 0 atom stereocenters. The van der Waals surface area contributed by atoms with Crippen LogP contribution in [0.25, 0.3) is 0 Å². The van der Waals surface area contributed by atoms with Crippen molar-refractivity contribution in [3.63, 3.8) is 0 Å². The molecule has 0 fully saturated rings.